The fourth-order valence-corrected chi connectivity index (χ4v) is 8.25. The van der Waals surface area contributed by atoms with E-state index in [1.54, 1.807) is 0 Å². The third-order valence-corrected chi connectivity index (χ3v) is 10.1. The number of nitrogens with zero attached hydrogens (tertiary/aromatic N) is 3. The second kappa shape index (κ2) is 8.87. The summed E-state index contributed by atoms with van der Waals surface area (Å²) < 4.78 is 4.34. The summed E-state index contributed by atoms with van der Waals surface area (Å²) in [4.78, 5) is 16.5. The minimum atomic E-state index is 0.0158. The molecule has 0 spiro atoms. The first-order valence-electron chi connectivity index (χ1n) is 16.0. The standard InChI is InChI=1S/C43H25N3O/c47-43-32-17-8-7-16-31(32)33-25-30(23-28-24-38(46(43)42(28)33)26-11-3-1-4-12-26)45-36-20-10-19-35-40(36)41-37(45)22-21-27-13-9-18-34(39(27)41)44(35)29-14-5-2-6-15-29/h1-25H. The molecule has 1 aliphatic rings. The lowest BCUT2D eigenvalue weighted by atomic mass is 9.96. The lowest BCUT2D eigenvalue weighted by Crippen LogP contribution is -2.14. The smallest absolute Gasteiger partial charge is 0.263 e. The van der Waals surface area contributed by atoms with Crippen molar-refractivity contribution >= 4 is 76.7 Å². The first-order valence-corrected chi connectivity index (χ1v) is 16.0. The van der Waals surface area contributed by atoms with Gasteiger partial charge < -0.3 is 9.47 Å². The predicted octanol–water partition coefficient (Wildman–Crippen LogP) is 10.7. The normalized spacial score (nSPS) is 12.7. The molecule has 0 unspecified atom stereocenters. The Hall–Kier alpha value is -6.39. The Morgan fingerprint density at radius 3 is 1.98 bits per heavy atom. The maximum absolute atomic E-state index is 14.1. The summed E-state index contributed by atoms with van der Waals surface area (Å²) in [6.45, 7) is 0. The average Bonchev–Trinajstić information content (AvgIpc) is 3.69. The molecule has 0 atom stereocenters. The fraction of sp³-hybridized carbons (Fsp3) is 0. The van der Waals surface area contributed by atoms with Gasteiger partial charge in [0.1, 0.15) is 0 Å². The average molecular weight is 600 g/mol. The third kappa shape index (κ3) is 3.14. The molecule has 0 amide bonds. The number of rotatable bonds is 3. The van der Waals surface area contributed by atoms with Gasteiger partial charge >= 0.3 is 0 Å². The fourth-order valence-electron chi connectivity index (χ4n) is 8.25. The number of aromatic nitrogens is 2. The summed E-state index contributed by atoms with van der Waals surface area (Å²) in [5, 5.41) is 8.85. The predicted molar refractivity (Wildman–Crippen MR) is 195 cm³/mol. The van der Waals surface area contributed by atoms with Gasteiger partial charge in [0.15, 0.2) is 0 Å². The molecule has 0 N–H and O–H groups in total. The van der Waals surface area contributed by atoms with E-state index in [9.17, 15) is 4.79 Å². The van der Waals surface area contributed by atoms with E-state index >= 15 is 0 Å². The van der Waals surface area contributed by atoms with E-state index in [-0.39, 0.29) is 5.56 Å². The topological polar surface area (TPSA) is 29.7 Å². The minimum Gasteiger partial charge on any atom is -0.309 e. The van der Waals surface area contributed by atoms with Gasteiger partial charge in [-0.1, -0.05) is 91.0 Å². The maximum atomic E-state index is 14.1. The van der Waals surface area contributed by atoms with Crippen LogP contribution in [-0.4, -0.2) is 8.97 Å². The van der Waals surface area contributed by atoms with Crippen molar-refractivity contribution in [3.05, 3.63) is 162 Å². The van der Waals surface area contributed by atoms with Crippen molar-refractivity contribution in [2.75, 3.05) is 4.90 Å². The molecule has 0 radical (unpaired) electrons. The largest absolute Gasteiger partial charge is 0.309 e. The lowest BCUT2D eigenvalue weighted by molar-refractivity contribution is 1.16. The van der Waals surface area contributed by atoms with Gasteiger partial charge in [-0.3, -0.25) is 9.20 Å². The summed E-state index contributed by atoms with van der Waals surface area (Å²) in [5.41, 5.74) is 9.85. The van der Waals surface area contributed by atoms with Crippen LogP contribution in [0, 0.1) is 0 Å². The summed E-state index contributed by atoms with van der Waals surface area (Å²) in [6, 6.07) is 53.5. The van der Waals surface area contributed by atoms with E-state index in [0.29, 0.717) is 0 Å². The highest BCUT2D eigenvalue weighted by molar-refractivity contribution is 6.31. The number of fused-ring (bicyclic) bond motifs is 2. The Morgan fingerprint density at radius 1 is 0.447 bits per heavy atom. The Kier molecular flexibility index (Phi) is 4.69. The monoisotopic (exact) mass is 599 g/mol. The highest BCUT2D eigenvalue weighted by atomic mass is 16.1. The van der Waals surface area contributed by atoms with Crippen molar-refractivity contribution in [2.45, 2.75) is 0 Å². The molecule has 218 valence electrons. The summed E-state index contributed by atoms with van der Waals surface area (Å²) >= 11 is 0. The van der Waals surface area contributed by atoms with Gasteiger partial charge in [0.25, 0.3) is 5.56 Å². The lowest BCUT2D eigenvalue weighted by Gasteiger charge is -2.30. The Bertz CT molecular complexity index is 2970. The van der Waals surface area contributed by atoms with E-state index in [4.69, 9.17) is 0 Å². The van der Waals surface area contributed by atoms with Crippen molar-refractivity contribution in [2.24, 2.45) is 0 Å². The Morgan fingerprint density at radius 2 is 1.15 bits per heavy atom. The number of para-hydroxylation sites is 1. The Labute approximate surface area is 268 Å². The van der Waals surface area contributed by atoms with E-state index < -0.39 is 0 Å². The van der Waals surface area contributed by atoms with Crippen LogP contribution in [0.3, 0.4) is 0 Å². The molecule has 7 aromatic carbocycles. The van der Waals surface area contributed by atoms with Crippen LogP contribution in [-0.2, 0) is 0 Å². The van der Waals surface area contributed by atoms with Crippen LogP contribution in [0.15, 0.2) is 156 Å². The molecule has 4 heteroatoms. The minimum absolute atomic E-state index is 0.0158. The van der Waals surface area contributed by atoms with Gasteiger partial charge in [-0.05, 0) is 77.0 Å². The van der Waals surface area contributed by atoms with E-state index in [2.05, 4.69) is 125 Å². The van der Waals surface area contributed by atoms with Crippen LogP contribution in [0.2, 0.25) is 0 Å². The molecule has 1 aliphatic heterocycles. The van der Waals surface area contributed by atoms with Crippen LogP contribution in [0.25, 0.3) is 76.6 Å². The summed E-state index contributed by atoms with van der Waals surface area (Å²) in [5.74, 6) is 0. The van der Waals surface area contributed by atoms with Gasteiger partial charge in [-0.15, -0.1) is 0 Å². The van der Waals surface area contributed by atoms with Crippen molar-refractivity contribution in [3.63, 3.8) is 0 Å². The SMILES string of the molecule is O=c1c2ccccc2c2cc(-n3c4cccc5c4c4c6c(cccc6ccc43)N5c3ccccc3)cc3cc(-c4ccccc4)n1c32. The van der Waals surface area contributed by atoms with E-state index in [1.165, 1.54) is 38.4 Å². The molecular weight excluding hydrogens is 574 g/mol. The van der Waals surface area contributed by atoms with Gasteiger partial charge in [0.05, 0.1) is 33.6 Å². The van der Waals surface area contributed by atoms with Gasteiger partial charge in [0.2, 0.25) is 0 Å². The van der Waals surface area contributed by atoms with Gasteiger partial charge in [-0.25, -0.2) is 0 Å². The Balaban J connectivity index is 1.31. The zero-order valence-electron chi connectivity index (χ0n) is 25.2. The van der Waals surface area contributed by atoms with Crippen LogP contribution in [0.4, 0.5) is 17.1 Å². The quantitative estimate of drug-likeness (QED) is 0.189. The number of benzene rings is 7. The molecule has 0 saturated heterocycles. The summed E-state index contributed by atoms with van der Waals surface area (Å²) in [7, 11) is 0. The highest BCUT2D eigenvalue weighted by Crippen LogP contribution is 2.52. The summed E-state index contributed by atoms with van der Waals surface area (Å²) in [6.07, 6.45) is 0. The third-order valence-electron chi connectivity index (χ3n) is 10.1. The number of hydrogen-bond donors (Lipinski definition) is 0. The number of anilines is 3. The van der Waals surface area contributed by atoms with Crippen LogP contribution >= 0.6 is 0 Å². The second-order valence-corrected chi connectivity index (χ2v) is 12.5. The molecule has 4 nitrogen and oxygen atoms in total. The number of hydrogen-bond acceptors (Lipinski definition) is 2. The molecule has 10 aromatic rings. The zero-order valence-corrected chi connectivity index (χ0v) is 25.2. The van der Waals surface area contributed by atoms with Gasteiger partial charge in [0, 0.05) is 43.7 Å². The zero-order chi connectivity index (χ0) is 30.8. The molecule has 0 bridgehead atoms. The van der Waals surface area contributed by atoms with E-state index in [1.807, 2.05) is 40.8 Å². The first-order chi connectivity index (χ1) is 23.3. The van der Waals surface area contributed by atoms with Crippen molar-refractivity contribution in [1.82, 2.24) is 8.97 Å². The van der Waals surface area contributed by atoms with Crippen molar-refractivity contribution < 1.29 is 0 Å². The molecular formula is C43H25N3O. The number of pyridine rings is 1. The molecule has 0 fully saturated rings. The molecule has 0 aliphatic carbocycles. The maximum Gasteiger partial charge on any atom is 0.263 e. The van der Waals surface area contributed by atoms with Crippen molar-refractivity contribution in [1.29, 1.82) is 0 Å². The van der Waals surface area contributed by atoms with Crippen LogP contribution in [0.1, 0.15) is 0 Å². The molecule has 11 rings (SSSR count). The molecule has 0 saturated carbocycles. The molecule has 4 heterocycles. The molecule has 3 aromatic heterocycles. The van der Waals surface area contributed by atoms with E-state index in [0.717, 1.165) is 55.2 Å². The highest BCUT2D eigenvalue weighted by Gasteiger charge is 2.28. The molecule has 47 heavy (non-hydrogen) atoms. The van der Waals surface area contributed by atoms with Crippen LogP contribution in [0.5, 0.6) is 0 Å². The second-order valence-electron chi connectivity index (χ2n) is 12.5. The first kappa shape index (κ1) is 24.9. The van der Waals surface area contributed by atoms with Crippen LogP contribution < -0.4 is 10.5 Å². The van der Waals surface area contributed by atoms with Gasteiger partial charge in [-0.2, -0.15) is 0 Å². The van der Waals surface area contributed by atoms with Crippen molar-refractivity contribution in [3.8, 4) is 16.9 Å².